The van der Waals surface area contributed by atoms with Gasteiger partial charge in [-0.2, -0.15) is 0 Å². The summed E-state index contributed by atoms with van der Waals surface area (Å²) in [5.74, 6) is -0.0184. The molecule has 0 aliphatic heterocycles. The van der Waals surface area contributed by atoms with Crippen molar-refractivity contribution in [3.8, 4) is 0 Å². The third-order valence-electron chi connectivity index (χ3n) is 3.24. The molecule has 0 aliphatic rings. The number of rotatable bonds is 8. The molecule has 0 saturated heterocycles. The predicted molar refractivity (Wildman–Crippen MR) is 80.5 cm³/mol. The van der Waals surface area contributed by atoms with Gasteiger partial charge in [-0.3, -0.25) is 9.69 Å². The van der Waals surface area contributed by atoms with Crippen LogP contribution in [-0.2, 0) is 9.53 Å². The fourth-order valence-corrected chi connectivity index (χ4v) is 2.04. The Morgan fingerprint density at radius 2 is 2.05 bits per heavy atom. The quantitative estimate of drug-likeness (QED) is 0.687. The van der Waals surface area contributed by atoms with Crippen molar-refractivity contribution in [3.63, 3.8) is 0 Å². The van der Waals surface area contributed by atoms with Gasteiger partial charge in [0.05, 0.1) is 13.2 Å². The van der Waals surface area contributed by atoms with E-state index in [0.29, 0.717) is 26.2 Å². The Morgan fingerprint density at radius 1 is 1.40 bits per heavy atom. The number of ether oxygens (including phenoxy) is 1. The fraction of sp³-hybridized carbons (Fsp3) is 0.533. The molecule has 0 fully saturated rings. The summed E-state index contributed by atoms with van der Waals surface area (Å²) in [6.45, 7) is 3.90. The second-order valence-electron chi connectivity index (χ2n) is 4.92. The maximum absolute atomic E-state index is 11.8. The highest BCUT2D eigenvalue weighted by atomic mass is 16.5. The molecule has 5 nitrogen and oxygen atoms in total. The van der Waals surface area contributed by atoms with E-state index in [1.807, 2.05) is 18.9 Å². The van der Waals surface area contributed by atoms with Gasteiger partial charge in [-0.15, -0.1) is 0 Å². The molecule has 0 saturated carbocycles. The average molecular weight is 279 g/mol. The molecule has 1 unspecified atom stereocenters. The van der Waals surface area contributed by atoms with E-state index in [4.69, 9.17) is 10.5 Å². The zero-order valence-corrected chi connectivity index (χ0v) is 12.6. The highest BCUT2D eigenvalue weighted by Crippen LogP contribution is 2.18. The SMILES string of the molecule is COCCNC(=O)CN(C)C(CN)c1ccc(C)cc1. The first kappa shape index (κ1) is 16.6. The molecule has 5 heteroatoms. The zero-order chi connectivity index (χ0) is 15.0. The van der Waals surface area contributed by atoms with E-state index in [0.717, 1.165) is 5.56 Å². The summed E-state index contributed by atoms with van der Waals surface area (Å²) in [7, 11) is 3.52. The molecule has 0 aliphatic carbocycles. The largest absolute Gasteiger partial charge is 0.383 e. The fourth-order valence-electron chi connectivity index (χ4n) is 2.04. The first-order chi connectivity index (χ1) is 9.58. The van der Waals surface area contributed by atoms with Gasteiger partial charge in [-0.05, 0) is 19.5 Å². The van der Waals surface area contributed by atoms with Gasteiger partial charge in [0.15, 0.2) is 0 Å². The predicted octanol–water partition coefficient (Wildman–Crippen LogP) is 0.689. The summed E-state index contributed by atoms with van der Waals surface area (Å²) in [6, 6.07) is 8.29. The van der Waals surface area contributed by atoms with Gasteiger partial charge >= 0.3 is 0 Å². The van der Waals surface area contributed by atoms with E-state index in [1.165, 1.54) is 5.56 Å². The second-order valence-corrected chi connectivity index (χ2v) is 4.92. The van der Waals surface area contributed by atoms with Gasteiger partial charge in [0.2, 0.25) is 5.91 Å². The van der Waals surface area contributed by atoms with Crippen molar-refractivity contribution >= 4 is 5.91 Å². The van der Waals surface area contributed by atoms with Crippen LogP contribution in [-0.4, -0.2) is 51.2 Å². The van der Waals surface area contributed by atoms with E-state index in [-0.39, 0.29) is 11.9 Å². The highest BCUT2D eigenvalue weighted by molar-refractivity contribution is 5.78. The van der Waals surface area contributed by atoms with Crippen molar-refractivity contribution in [1.29, 1.82) is 0 Å². The van der Waals surface area contributed by atoms with Crippen LogP contribution in [0, 0.1) is 6.92 Å². The standard InChI is InChI=1S/C15H25N3O2/c1-12-4-6-13(7-5-12)14(10-16)18(2)11-15(19)17-8-9-20-3/h4-7,14H,8-11,16H2,1-3H3,(H,17,19). The summed E-state index contributed by atoms with van der Waals surface area (Å²) < 4.78 is 4.90. The molecule has 112 valence electrons. The Labute approximate surface area is 121 Å². The maximum atomic E-state index is 11.8. The van der Waals surface area contributed by atoms with Crippen LogP contribution in [0.25, 0.3) is 0 Å². The van der Waals surface area contributed by atoms with Crippen molar-refractivity contribution < 1.29 is 9.53 Å². The third-order valence-corrected chi connectivity index (χ3v) is 3.24. The Morgan fingerprint density at radius 3 is 2.60 bits per heavy atom. The molecule has 1 rings (SSSR count). The summed E-state index contributed by atoms with van der Waals surface area (Å²) in [6.07, 6.45) is 0. The number of nitrogens with one attached hydrogen (secondary N) is 1. The molecule has 0 heterocycles. The highest BCUT2D eigenvalue weighted by Gasteiger charge is 2.17. The molecular weight excluding hydrogens is 254 g/mol. The molecule has 3 N–H and O–H groups in total. The second kappa shape index (κ2) is 8.68. The van der Waals surface area contributed by atoms with Crippen molar-refractivity contribution in [2.75, 3.05) is 40.4 Å². The number of nitrogens with two attached hydrogens (primary N) is 1. The van der Waals surface area contributed by atoms with Gasteiger partial charge in [-0.1, -0.05) is 29.8 Å². The minimum atomic E-state index is -0.0184. The molecule has 0 aromatic heterocycles. The molecule has 1 atom stereocenters. The lowest BCUT2D eigenvalue weighted by Crippen LogP contribution is -2.40. The summed E-state index contributed by atoms with van der Waals surface area (Å²) in [5.41, 5.74) is 8.19. The van der Waals surface area contributed by atoms with E-state index in [9.17, 15) is 4.79 Å². The lowest BCUT2D eigenvalue weighted by Gasteiger charge is -2.26. The Kier molecular flexibility index (Phi) is 7.22. The smallest absolute Gasteiger partial charge is 0.234 e. The van der Waals surface area contributed by atoms with E-state index < -0.39 is 0 Å². The first-order valence-electron chi connectivity index (χ1n) is 6.81. The van der Waals surface area contributed by atoms with Gasteiger partial charge < -0.3 is 15.8 Å². The minimum absolute atomic E-state index is 0.0184. The van der Waals surface area contributed by atoms with Crippen LogP contribution in [0.3, 0.4) is 0 Å². The number of carbonyl (C=O) groups is 1. The molecule has 1 amide bonds. The Hall–Kier alpha value is -1.43. The monoisotopic (exact) mass is 279 g/mol. The molecule has 0 bridgehead atoms. The Balaban J connectivity index is 2.56. The number of nitrogens with zero attached hydrogens (tertiary/aromatic N) is 1. The van der Waals surface area contributed by atoms with Crippen LogP contribution < -0.4 is 11.1 Å². The van der Waals surface area contributed by atoms with Crippen LogP contribution in [0.2, 0.25) is 0 Å². The number of carbonyl (C=O) groups excluding carboxylic acids is 1. The van der Waals surface area contributed by atoms with Crippen molar-refractivity contribution in [2.24, 2.45) is 5.73 Å². The van der Waals surface area contributed by atoms with E-state index in [2.05, 4.69) is 29.6 Å². The number of benzene rings is 1. The van der Waals surface area contributed by atoms with Crippen LogP contribution in [0.5, 0.6) is 0 Å². The summed E-state index contributed by atoms with van der Waals surface area (Å²) >= 11 is 0. The number of likely N-dealkylation sites (N-methyl/N-ethyl adjacent to an activating group) is 1. The molecule has 0 spiro atoms. The molecule has 1 aromatic rings. The number of hydrogen-bond donors (Lipinski definition) is 2. The van der Waals surface area contributed by atoms with Gasteiger partial charge in [-0.25, -0.2) is 0 Å². The van der Waals surface area contributed by atoms with Gasteiger partial charge in [0.25, 0.3) is 0 Å². The topological polar surface area (TPSA) is 67.6 Å². The van der Waals surface area contributed by atoms with Crippen LogP contribution in [0.15, 0.2) is 24.3 Å². The van der Waals surface area contributed by atoms with Crippen molar-refractivity contribution in [1.82, 2.24) is 10.2 Å². The van der Waals surface area contributed by atoms with Gasteiger partial charge in [0, 0.05) is 26.2 Å². The average Bonchev–Trinajstić information content (AvgIpc) is 2.42. The minimum Gasteiger partial charge on any atom is -0.383 e. The lowest BCUT2D eigenvalue weighted by molar-refractivity contribution is -0.122. The number of hydrogen-bond acceptors (Lipinski definition) is 4. The van der Waals surface area contributed by atoms with Crippen LogP contribution in [0.1, 0.15) is 17.2 Å². The number of methoxy groups -OCH3 is 1. The van der Waals surface area contributed by atoms with E-state index >= 15 is 0 Å². The maximum Gasteiger partial charge on any atom is 0.234 e. The first-order valence-corrected chi connectivity index (χ1v) is 6.81. The Bertz CT molecular complexity index is 406. The number of amides is 1. The number of aryl methyl sites for hydroxylation is 1. The molecule has 1 aromatic carbocycles. The summed E-state index contributed by atoms with van der Waals surface area (Å²) in [5, 5.41) is 2.81. The molecule has 0 radical (unpaired) electrons. The van der Waals surface area contributed by atoms with Crippen molar-refractivity contribution in [3.05, 3.63) is 35.4 Å². The normalized spacial score (nSPS) is 12.4. The van der Waals surface area contributed by atoms with Crippen LogP contribution in [0.4, 0.5) is 0 Å². The van der Waals surface area contributed by atoms with E-state index in [1.54, 1.807) is 7.11 Å². The van der Waals surface area contributed by atoms with Crippen molar-refractivity contribution in [2.45, 2.75) is 13.0 Å². The van der Waals surface area contributed by atoms with Gasteiger partial charge in [0.1, 0.15) is 0 Å². The molecule has 20 heavy (non-hydrogen) atoms. The third kappa shape index (κ3) is 5.28. The zero-order valence-electron chi connectivity index (χ0n) is 12.6. The van der Waals surface area contributed by atoms with Crippen LogP contribution >= 0.6 is 0 Å². The molecular formula is C15H25N3O2. The lowest BCUT2D eigenvalue weighted by atomic mass is 10.0. The summed E-state index contributed by atoms with van der Waals surface area (Å²) in [4.78, 5) is 13.8.